The number of carbonyl (C=O) groups is 1. The van der Waals surface area contributed by atoms with Crippen LogP contribution < -0.4 is 11.1 Å². The highest BCUT2D eigenvalue weighted by Crippen LogP contribution is 2.49. The van der Waals surface area contributed by atoms with Gasteiger partial charge in [0.1, 0.15) is 6.54 Å². The minimum absolute atomic E-state index is 0.0548. The van der Waals surface area contributed by atoms with Gasteiger partial charge in [-0.05, 0) is 55.4 Å². The van der Waals surface area contributed by atoms with Crippen LogP contribution in [0.2, 0.25) is 0 Å². The van der Waals surface area contributed by atoms with Gasteiger partial charge in [0.05, 0.1) is 4.88 Å². The second kappa shape index (κ2) is 6.20. The molecule has 0 saturated heterocycles. The highest BCUT2D eigenvalue weighted by Gasteiger charge is 2.42. The first-order valence-electron chi connectivity index (χ1n) is 8.51. The van der Waals surface area contributed by atoms with E-state index in [0.717, 1.165) is 16.7 Å². The zero-order valence-electron chi connectivity index (χ0n) is 13.6. The minimum Gasteiger partial charge on any atom is -0.352 e. The van der Waals surface area contributed by atoms with Crippen LogP contribution in [-0.4, -0.2) is 21.7 Å². The second-order valence-electron chi connectivity index (χ2n) is 7.03. The largest absolute Gasteiger partial charge is 0.442 e. The zero-order chi connectivity index (χ0) is 16.7. The molecule has 0 aromatic carbocycles. The number of rotatable bonds is 5. The number of hydrogen-bond acceptors (Lipinski definition) is 5. The van der Waals surface area contributed by atoms with Crippen LogP contribution in [0.3, 0.4) is 0 Å². The van der Waals surface area contributed by atoms with Crippen molar-refractivity contribution in [2.75, 3.05) is 0 Å². The molecule has 2 aliphatic rings. The first-order valence-corrected chi connectivity index (χ1v) is 9.39. The van der Waals surface area contributed by atoms with Crippen molar-refractivity contribution in [2.24, 2.45) is 17.8 Å². The van der Waals surface area contributed by atoms with E-state index in [2.05, 4.69) is 17.4 Å². The molecule has 2 aromatic heterocycles. The Kier molecular flexibility index (Phi) is 4.04. The summed E-state index contributed by atoms with van der Waals surface area (Å²) in [5.41, 5.74) is 0. The average molecular weight is 347 g/mol. The first-order chi connectivity index (χ1) is 11.6. The summed E-state index contributed by atoms with van der Waals surface area (Å²) < 4.78 is 6.05. The Bertz CT molecular complexity index is 779. The Morgan fingerprint density at radius 2 is 2.38 bits per heavy atom. The van der Waals surface area contributed by atoms with Crippen molar-refractivity contribution >= 4 is 17.2 Å². The molecule has 2 aromatic rings. The van der Waals surface area contributed by atoms with E-state index in [0.29, 0.717) is 11.7 Å². The van der Waals surface area contributed by atoms with Crippen molar-refractivity contribution in [3.8, 4) is 10.7 Å². The SMILES string of the molecule is C[C@H](NC(=O)Cn1c(-c2cccs2)noc1=O)[C@@H]1C[C@H]2CC[C@H]1C2. The van der Waals surface area contributed by atoms with Crippen LogP contribution in [0.5, 0.6) is 0 Å². The predicted molar refractivity (Wildman–Crippen MR) is 90.6 cm³/mol. The van der Waals surface area contributed by atoms with Gasteiger partial charge in [0.2, 0.25) is 5.91 Å². The normalized spacial score (nSPS) is 26.6. The highest BCUT2D eigenvalue weighted by atomic mass is 32.1. The highest BCUT2D eigenvalue weighted by molar-refractivity contribution is 7.13. The number of nitrogens with one attached hydrogen (secondary N) is 1. The van der Waals surface area contributed by atoms with Gasteiger partial charge in [0.15, 0.2) is 5.82 Å². The summed E-state index contributed by atoms with van der Waals surface area (Å²) in [6, 6.07) is 3.88. The van der Waals surface area contributed by atoms with E-state index in [1.54, 1.807) is 0 Å². The van der Waals surface area contributed by atoms with Crippen molar-refractivity contribution < 1.29 is 9.32 Å². The molecule has 128 valence electrons. The third kappa shape index (κ3) is 2.81. The van der Waals surface area contributed by atoms with Crippen LogP contribution in [0.1, 0.15) is 32.6 Å². The van der Waals surface area contributed by atoms with E-state index in [4.69, 9.17) is 4.52 Å². The minimum atomic E-state index is -0.596. The molecule has 0 unspecified atom stereocenters. The number of thiophene rings is 1. The lowest BCUT2D eigenvalue weighted by Gasteiger charge is -2.28. The Labute approximate surface area is 143 Å². The molecule has 0 aliphatic heterocycles. The summed E-state index contributed by atoms with van der Waals surface area (Å²) in [6.07, 6.45) is 5.18. The van der Waals surface area contributed by atoms with Crippen molar-refractivity contribution in [2.45, 2.75) is 45.2 Å². The lowest BCUT2D eigenvalue weighted by Crippen LogP contribution is -2.42. The third-order valence-corrected chi connectivity index (χ3v) is 6.42. The van der Waals surface area contributed by atoms with Gasteiger partial charge in [-0.2, -0.15) is 0 Å². The van der Waals surface area contributed by atoms with E-state index in [1.165, 1.54) is 41.6 Å². The monoisotopic (exact) mass is 347 g/mol. The number of nitrogens with zero attached hydrogens (tertiary/aromatic N) is 2. The van der Waals surface area contributed by atoms with Crippen molar-refractivity contribution in [3.63, 3.8) is 0 Å². The smallest absolute Gasteiger partial charge is 0.352 e. The molecule has 2 bridgehead atoms. The fourth-order valence-corrected chi connectivity index (χ4v) is 5.16. The molecular formula is C17H21N3O3S. The summed E-state index contributed by atoms with van der Waals surface area (Å²) >= 11 is 1.46. The van der Waals surface area contributed by atoms with Crippen molar-refractivity contribution in [1.29, 1.82) is 0 Å². The third-order valence-electron chi connectivity index (χ3n) is 5.55. The number of carbonyl (C=O) groups excluding carboxylic acids is 1. The molecule has 2 aliphatic carbocycles. The van der Waals surface area contributed by atoms with Gasteiger partial charge in [0.25, 0.3) is 0 Å². The molecule has 0 radical (unpaired) electrons. The number of aromatic nitrogens is 2. The number of hydrogen-bond donors (Lipinski definition) is 1. The predicted octanol–water partition coefficient (Wildman–Crippen LogP) is 2.51. The van der Waals surface area contributed by atoms with Crippen LogP contribution in [0.15, 0.2) is 26.8 Å². The molecule has 1 N–H and O–H groups in total. The van der Waals surface area contributed by atoms with E-state index in [1.807, 2.05) is 17.5 Å². The maximum absolute atomic E-state index is 12.4. The van der Waals surface area contributed by atoms with E-state index < -0.39 is 5.76 Å². The lowest BCUT2D eigenvalue weighted by molar-refractivity contribution is -0.122. The molecule has 6 nitrogen and oxygen atoms in total. The summed E-state index contributed by atoms with van der Waals surface area (Å²) in [7, 11) is 0. The summed E-state index contributed by atoms with van der Waals surface area (Å²) in [5.74, 6) is 1.84. The van der Waals surface area contributed by atoms with E-state index in [-0.39, 0.29) is 18.5 Å². The second-order valence-corrected chi connectivity index (χ2v) is 7.98. The quantitative estimate of drug-likeness (QED) is 0.901. The molecule has 24 heavy (non-hydrogen) atoms. The van der Waals surface area contributed by atoms with Crippen LogP contribution in [-0.2, 0) is 11.3 Å². The summed E-state index contributed by atoms with van der Waals surface area (Å²) in [6.45, 7) is 2.03. The van der Waals surface area contributed by atoms with Gasteiger partial charge in [-0.15, -0.1) is 11.3 Å². The fraction of sp³-hybridized carbons (Fsp3) is 0.588. The van der Waals surface area contributed by atoms with Gasteiger partial charge in [-0.3, -0.25) is 9.32 Å². The first kappa shape index (κ1) is 15.6. The molecule has 7 heteroatoms. The van der Waals surface area contributed by atoms with Crippen LogP contribution in [0, 0.1) is 17.8 Å². The van der Waals surface area contributed by atoms with Crippen LogP contribution in [0.4, 0.5) is 0 Å². The van der Waals surface area contributed by atoms with Gasteiger partial charge >= 0.3 is 5.76 Å². The molecular weight excluding hydrogens is 326 g/mol. The standard InChI is InChI=1S/C17H21N3O3S/c1-10(13-8-11-4-5-12(13)7-11)18-15(21)9-20-16(19-23-17(20)22)14-3-2-6-24-14/h2-3,6,10-13H,4-5,7-9H2,1H3,(H,18,21)/t10-,11-,12-,13-/m0/s1. The molecule has 1 amide bonds. The molecule has 2 heterocycles. The lowest BCUT2D eigenvalue weighted by atomic mass is 9.84. The number of amides is 1. The molecule has 2 saturated carbocycles. The fourth-order valence-electron chi connectivity index (χ4n) is 4.45. The van der Waals surface area contributed by atoms with Gasteiger partial charge in [-0.1, -0.05) is 17.6 Å². The van der Waals surface area contributed by atoms with Gasteiger partial charge in [0, 0.05) is 6.04 Å². The Balaban J connectivity index is 1.43. The van der Waals surface area contributed by atoms with Crippen LogP contribution in [0.25, 0.3) is 10.7 Å². The van der Waals surface area contributed by atoms with Gasteiger partial charge in [-0.25, -0.2) is 9.36 Å². The summed E-state index contributed by atoms with van der Waals surface area (Å²) in [5, 5.41) is 8.78. The molecule has 4 rings (SSSR count). The summed E-state index contributed by atoms with van der Waals surface area (Å²) in [4.78, 5) is 25.1. The van der Waals surface area contributed by atoms with Crippen molar-refractivity contribution in [3.05, 3.63) is 28.1 Å². The average Bonchev–Trinajstić information content (AvgIpc) is 3.31. The molecule has 0 spiro atoms. The van der Waals surface area contributed by atoms with Gasteiger partial charge < -0.3 is 5.32 Å². The van der Waals surface area contributed by atoms with E-state index >= 15 is 0 Å². The molecule has 4 atom stereocenters. The topological polar surface area (TPSA) is 77.1 Å². The molecule has 2 fully saturated rings. The maximum atomic E-state index is 12.4. The van der Waals surface area contributed by atoms with E-state index in [9.17, 15) is 9.59 Å². The zero-order valence-corrected chi connectivity index (χ0v) is 14.4. The van der Waals surface area contributed by atoms with Crippen LogP contribution >= 0.6 is 11.3 Å². The Morgan fingerprint density at radius 3 is 3.04 bits per heavy atom. The maximum Gasteiger partial charge on any atom is 0.442 e. The Hall–Kier alpha value is -1.89. The Morgan fingerprint density at radius 1 is 1.50 bits per heavy atom. The number of fused-ring (bicyclic) bond motifs is 2. The van der Waals surface area contributed by atoms with Crippen molar-refractivity contribution in [1.82, 2.24) is 15.0 Å².